The van der Waals surface area contributed by atoms with Gasteiger partial charge in [0.15, 0.2) is 0 Å². The van der Waals surface area contributed by atoms with Gasteiger partial charge in [-0.3, -0.25) is 0 Å². The largest absolute Gasteiger partial charge is 0.497 e. The Balaban J connectivity index is 1.87. The summed E-state index contributed by atoms with van der Waals surface area (Å²) in [6.45, 7) is 2.58. The molecule has 0 aromatic heterocycles. The standard InChI is InChI=1S/C17H19F2NO/c1-12(16-8-5-14(18)11-17(16)19)20-10-9-13-3-6-15(21-2)7-4-13/h3-8,11-12,20H,9-10H2,1-2H3. The van der Waals surface area contributed by atoms with Crippen molar-refractivity contribution in [1.82, 2.24) is 5.32 Å². The first-order valence-corrected chi connectivity index (χ1v) is 6.91. The Bertz CT molecular complexity index is 584. The minimum Gasteiger partial charge on any atom is -0.497 e. The van der Waals surface area contributed by atoms with Crippen LogP contribution in [-0.2, 0) is 6.42 Å². The predicted molar refractivity (Wildman–Crippen MR) is 79.5 cm³/mol. The van der Waals surface area contributed by atoms with E-state index in [4.69, 9.17) is 4.74 Å². The van der Waals surface area contributed by atoms with Crippen molar-refractivity contribution in [3.8, 4) is 5.75 Å². The molecule has 0 radical (unpaired) electrons. The van der Waals surface area contributed by atoms with E-state index >= 15 is 0 Å². The molecule has 0 amide bonds. The monoisotopic (exact) mass is 291 g/mol. The third-order valence-corrected chi connectivity index (χ3v) is 3.45. The first kappa shape index (κ1) is 15.4. The lowest BCUT2D eigenvalue weighted by Crippen LogP contribution is -2.22. The van der Waals surface area contributed by atoms with Crippen molar-refractivity contribution < 1.29 is 13.5 Å². The Kier molecular flexibility index (Phi) is 5.28. The lowest BCUT2D eigenvalue weighted by molar-refractivity contribution is 0.414. The van der Waals surface area contributed by atoms with Gasteiger partial charge in [0, 0.05) is 17.7 Å². The maximum Gasteiger partial charge on any atom is 0.130 e. The van der Waals surface area contributed by atoms with Crippen molar-refractivity contribution in [1.29, 1.82) is 0 Å². The molecule has 0 spiro atoms. The van der Waals surface area contributed by atoms with Gasteiger partial charge in [-0.1, -0.05) is 18.2 Å². The highest BCUT2D eigenvalue weighted by atomic mass is 19.1. The van der Waals surface area contributed by atoms with Crippen molar-refractivity contribution in [3.05, 3.63) is 65.2 Å². The van der Waals surface area contributed by atoms with Gasteiger partial charge >= 0.3 is 0 Å². The molecule has 1 atom stereocenters. The summed E-state index contributed by atoms with van der Waals surface area (Å²) in [6, 6.07) is 11.3. The second kappa shape index (κ2) is 7.18. The number of ether oxygens (including phenoxy) is 1. The lowest BCUT2D eigenvalue weighted by atomic mass is 10.1. The van der Waals surface area contributed by atoms with Gasteiger partial charge in [-0.25, -0.2) is 8.78 Å². The third kappa shape index (κ3) is 4.26. The molecular formula is C17H19F2NO. The fourth-order valence-electron chi connectivity index (χ4n) is 2.19. The van der Waals surface area contributed by atoms with Crippen LogP contribution in [0, 0.1) is 11.6 Å². The molecule has 0 fully saturated rings. The molecule has 2 aromatic rings. The number of methoxy groups -OCH3 is 1. The summed E-state index contributed by atoms with van der Waals surface area (Å²) in [5.41, 5.74) is 1.65. The first-order valence-electron chi connectivity index (χ1n) is 6.91. The molecule has 2 aromatic carbocycles. The van der Waals surface area contributed by atoms with Crippen LogP contribution in [0.15, 0.2) is 42.5 Å². The van der Waals surface area contributed by atoms with Crippen LogP contribution in [0.25, 0.3) is 0 Å². The second-order valence-electron chi connectivity index (χ2n) is 4.94. The zero-order valence-corrected chi connectivity index (χ0v) is 12.2. The minimum absolute atomic E-state index is 0.163. The fraction of sp³-hybridized carbons (Fsp3) is 0.294. The first-order chi connectivity index (χ1) is 10.1. The Morgan fingerprint density at radius 2 is 1.81 bits per heavy atom. The number of hydrogen-bond donors (Lipinski definition) is 1. The Labute approximate surface area is 123 Å². The average molecular weight is 291 g/mol. The van der Waals surface area contributed by atoms with Crippen molar-refractivity contribution in [2.75, 3.05) is 13.7 Å². The van der Waals surface area contributed by atoms with Crippen LogP contribution < -0.4 is 10.1 Å². The van der Waals surface area contributed by atoms with Crippen LogP contribution in [0.3, 0.4) is 0 Å². The van der Waals surface area contributed by atoms with Gasteiger partial charge in [-0.2, -0.15) is 0 Å². The molecule has 1 N–H and O–H groups in total. The maximum atomic E-state index is 13.6. The molecule has 0 heterocycles. The molecule has 4 heteroatoms. The van der Waals surface area contributed by atoms with Crippen molar-refractivity contribution >= 4 is 0 Å². The zero-order chi connectivity index (χ0) is 15.2. The molecule has 0 aliphatic carbocycles. The predicted octanol–water partition coefficient (Wildman–Crippen LogP) is 3.87. The molecule has 0 saturated heterocycles. The normalized spacial score (nSPS) is 12.2. The minimum atomic E-state index is -0.554. The number of benzene rings is 2. The summed E-state index contributed by atoms with van der Waals surface area (Å²) in [5.74, 6) is -0.241. The zero-order valence-electron chi connectivity index (χ0n) is 12.2. The third-order valence-electron chi connectivity index (χ3n) is 3.45. The quantitative estimate of drug-likeness (QED) is 0.872. The van der Waals surface area contributed by atoms with Gasteiger partial charge in [-0.15, -0.1) is 0 Å². The van der Waals surface area contributed by atoms with E-state index in [2.05, 4.69) is 5.32 Å². The van der Waals surface area contributed by atoms with Crippen LogP contribution in [0.2, 0.25) is 0 Å². The Hall–Kier alpha value is -1.94. The van der Waals surface area contributed by atoms with Crippen LogP contribution in [0.4, 0.5) is 8.78 Å². The topological polar surface area (TPSA) is 21.3 Å². The van der Waals surface area contributed by atoms with Gasteiger partial charge in [0.2, 0.25) is 0 Å². The van der Waals surface area contributed by atoms with Crippen molar-refractivity contribution in [3.63, 3.8) is 0 Å². The number of hydrogen-bond acceptors (Lipinski definition) is 2. The van der Waals surface area contributed by atoms with Gasteiger partial charge in [-0.05, 0) is 43.7 Å². The van der Waals surface area contributed by atoms with Gasteiger partial charge in [0.25, 0.3) is 0 Å². The van der Waals surface area contributed by atoms with Gasteiger partial charge in [0.05, 0.1) is 7.11 Å². The van der Waals surface area contributed by atoms with E-state index in [9.17, 15) is 8.78 Å². The second-order valence-corrected chi connectivity index (χ2v) is 4.94. The van der Waals surface area contributed by atoms with E-state index in [0.29, 0.717) is 12.1 Å². The Morgan fingerprint density at radius 1 is 1.10 bits per heavy atom. The number of halogens is 2. The summed E-state index contributed by atoms with van der Waals surface area (Å²) in [6.07, 6.45) is 0.831. The molecule has 0 aliphatic rings. The summed E-state index contributed by atoms with van der Waals surface area (Å²) < 4.78 is 31.6. The molecule has 2 nitrogen and oxygen atoms in total. The van der Waals surface area contributed by atoms with E-state index in [-0.39, 0.29) is 6.04 Å². The smallest absolute Gasteiger partial charge is 0.130 e. The van der Waals surface area contributed by atoms with Crippen LogP contribution in [-0.4, -0.2) is 13.7 Å². The number of rotatable bonds is 6. The molecule has 21 heavy (non-hydrogen) atoms. The highest BCUT2D eigenvalue weighted by Gasteiger charge is 2.10. The summed E-state index contributed by atoms with van der Waals surface area (Å²) in [7, 11) is 1.63. The van der Waals surface area contributed by atoms with E-state index in [0.717, 1.165) is 18.2 Å². The van der Waals surface area contributed by atoms with Gasteiger partial charge < -0.3 is 10.1 Å². The molecule has 112 valence electrons. The summed E-state index contributed by atoms with van der Waals surface area (Å²) in [5, 5.41) is 3.24. The van der Waals surface area contributed by atoms with Crippen molar-refractivity contribution in [2.45, 2.75) is 19.4 Å². The summed E-state index contributed by atoms with van der Waals surface area (Å²) in [4.78, 5) is 0. The van der Waals surface area contributed by atoms with E-state index < -0.39 is 11.6 Å². The van der Waals surface area contributed by atoms with Crippen LogP contribution in [0.5, 0.6) is 5.75 Å². The Morgan fingerprint density at radius 3 is 2.43 bits per heavy atom. The van der Waals surface area contributed by atoms with Crippen LogP contribution >= 0.6 is 0 Å². The highest BCUT2D eigenvalue weighted by Crippen LogP contribution is 2.18. The highest BCUT2D eigenvalue weighted by molar-refractivity contribution is 5.27. The van der Waals surface area contributed by atoms with E-state index in [1.165, 1.54) is 17.7 Å². The SMILES string of the molecule is COc1ccc(CCNC(C)c2ccc(F)cc2F)cc1. The average Bonchev–Trinajstić information content (AvgIpc) is 2.47. The van der Waals surface area contributed by atoms with Crippen LogP contribution in [0.1, 0.15) is 24.1 Å². The molecule has 1 unspecified atom stereocenters. The lowest BCUT2D eigenvalue weighted by Gasteiger charge is -2.15. The van der Waals surface area contributed by atoms with E-state index in [1.807, 2.05) is 31.2 Å². The fourth-order valence-corrected chi connectivity index (χ4v) is 2.19. The molecular weight excluding hydrogens is 272 g/mol. The maximum absolute atomic E-state index is 13.6. The molecule has 0 bridgehead atoms. The molecule has 0 aliphatic heterocycles. The molecule has 2 rings (SSSR count). The van der Waals surface area contributed by atoms with Crippen molar-refractivity contribution in [2.24, 2.45) is 0 Å². The molecule has 0 saturated carbocycles. The van der Waals surface area contributed by atoms with Gasteiger partial charge in [0.1, 0.15) is 17.4 Å². The summed E-state index contributed by atoms with van der Waals surface area (Å²) >= 11 is 0. The van der Waals surface area contributed by atoms with E-state index in [1.54, 1.807) is 7.11 Å². The number of nitrogens with one attached hydrogen (secondary N) is 1.